The molecule has 0 N–H and O–H groups in total. The predicted octanol–water partition coefficient (Wildman–Crippen LogP) is 3.42. The summed E-state index contributed by atoms with van der Waals surface area (Å²) in [5, 5.41) is 2.84. The number of nitrogens with zero attached hydrogens (tertiary/aromatic N) is 4. The third-order valence-electron chi connectivity index (χ3n) is 6.10. The van der Waals surface area contributed by atoms with Gasteiger partial charge in [-0.15, -0.1) is 11.3 Å². The van der Waals surface area contributed by atoms with Gasteiger partial charge in [-0.25, -0.2) is 4.98 Å². The van der Waals surface area contributed by atoms with Crippen molar-refractivity contribution in [2.24, 2.45) is 5.92 Å². The lowest BCUT2D eigenvalue weighted by Crippen LogP contribution is -2.40. The van der Waals surface area contributed by atoms with Crippen LogP contribution < -0.4 is 0 Å². The number of rotatable bonds is 4. The van der Waals surface area contributed by atoms with Gasteiger partial charge in [0, 0.05) is 55.6 Å². The molecule has 2 amide bonds. The van der Waals surface area contributed by atoms with E-state index in [1.54, 1.807) is 17.5 Å². The zero-order chi connectivity index (χ0) is 19.7. The number of carbonyl (C=O) groups excluding carboxylic acids is 2. The average molecular weight is 401 g/mol. The first-order valence-electron chi connectivity index (χ1n) is 10.2. The topological polar surface area (TPSA) is 58.4 Å². The van der Waals surface area contributed by atoms with E-state index in [0.29, 0.717) is 18.2 Å². The number of amides is 2. The highest BCUT2D eigenvalue weighted by atomic mass is 32.1. The van der Waals surface area contributed by atoms with E-state index in [9.17, 15) is 9.59 Å². The van der Waals surface area contributed by atoms with Crippen LogP contribution in [-0.2, 0) is 4.79 Å². The second-order valence-electron chi connectivity index (χ2n) is 7.96. The van der Waals surface area contributed by atoms with Crippen molar-refractivity contribution in [3.8, 4) is 5.13 Å². The molecule has 6 nitrogen and oxygen atoms in total. The lowest BCUT2D eigenvalue weighted by molar-refractivity contribution is -0.131. The Labute approximate surface area is 170 Å². The summed E-state index contributed by atoms with van der Waals surface area (Å²) in [4.78, 5) is 33.8. The van der Waals surface area contributed by atoms with Crippen LogP contribution >= 0.6 is 11.3 Å². The van der Waals surface area contributed by atoms with Crippen LogP contribution in [0.15, 0.2) is 17.6 Å². The second kappa shape index (κ2) is 8.07. The summed E-state index contributed by atoms with van der Waals surface area (Å²) >= 11 is 1.57. The summed E-state index contributed by atoms with van der Waals surface area (Å²) in [5.74, 6) is 0.800. The third kappa shape index (κ3) is 3.72. The number of aryl methyl sites for hydroxylation is 1. The van der Waals surface area contributed by atoms with Crippen molar-refractivity contribution in [1.82, 2.24) is 19.4 Å². The molecule has 0 saturated carbocycles. The molecule has 4 rings (SSSR count). The number of likely N-dealkylation sites (tertiary alicyclic amines) is 2. The van der Waals surface area contributed by atoms with Crippen molar-refractivity contribution in [2.45, 2.75) is 46.0 Å². The Kier molecular flexibility index (Phi) is 5.53. The molecule has 2 saturated heterocycles. The molecule has 2 aliphatic heterocycles. The molecule has 0 atom stereocenters. The van der Waals surface area contributed by atoms with Gasteiger partial charge in [0.2, 0.25) is 5.91 Å². The van der Waals surface area contributed by atoms with Gasteiger partial charge in [0.05, 0.1) is 5.56 Å². The van der Waals surface area contributed by atoms with Crippen molar-refractivity contribution < 1.29 is 9.59 Å². The number of aromatic nitrogens is 2. The van der Waals surface area contributed by atoms with E-state index in [0.717, 1.165) is 73.9 Å². The van der Waals surface area contributed by atoms with Crippen LogP contribution in [0.25, 0.3) is 5.13 Å². The molecule has 0 spiro atoms. The van der Waals surface area contributed by atoms with Gasteiger partial charge >= 0.3 is 0 Å². The molecule has 0 aliphatic carbocycles. The number of piperidine rings is 1. The van der Waals surface area contributed by atoms with Gasteiger partial charge < -0.3 is 9.80 Å². The summed E-state index contributed by atoms with van der Waals surface area (Å²) in [6, 6.07) is 1.97. The zero-order valence-corrected chi connectivity index (χ0v) is 17.5. The molecule has 2 aliphatic rings. The number of thiazole rings is 1. The Hall–Kier alpha value is -2.15. The fraction of sp³-hybridized carbons (Fsp3) is 0.571. The van der Waals surface area contributed by atoms with Gasteiger partial charge in [0.1, 0.15) is 0 Å². The quantitative estimate of drug-likeness (QED) is 0.790. The smallest absolute Gasteiger partial charge is 0.255 e. The van der Waals surface area contributed by atoms with Crippen LogP contribution in [0.5, 0.6) is 0 Å². The molecule has 2 aromatic heterocycles. The minimum atomic E-state index is 0.0974. The van der Waals surface area contributed by atoms with Gasteiger partial charge in [0.25, 0.3) is 5.91 Å². The first-order valence-corrected chi connectivity index (χ1v) is 11.1. The Morgan fingerprint density at radius 3 is 2.46 bits per heavy atom. The van der Waals surface area contributed by atoms with E-state index in [1.165, 1.54) is 0 Å². The molecule has 7 heteroatoms. The van der Waals surface area contributed by atoms with Crippen LogP contribution in [0, 0.1) is 19.8 Å². The largest absolute Gasteiger partial charge is 0.343 e. The highest BCUT2D eigenvalue weighted by Crippen LogP contribution is 2.27. The number of hydrogen-bond acceptors (Lipinski definition) is 4. The summed E-state index contributed by atoms with van der Waals surface area (Å²) in [6.45, 7) is 7.32. The highest BCUT2D eigenvalue weighted by Gasteiger charge is 2.29. The van der Waals surface area contributed by atoms with Gasteiger partial charge in [-0.2, -0.15) is 0 Å². The summed E-state index contributed by atoms with van der Waals surface area (Å²) in [7, 11) is 0. The number of carbonyl (C=O) groups is 2. The van der Waals surface area contributed by atoms with E-state index in [-0.39, 0.29) is 5.91 Å². The lowest BCUT2D eigenvalue weighted by atomic mass is 9.92. The van der Waals surface area contributed by atoms with Gasteiger partial charge in [0.15, 0.2) is 5.13 Å². The molecule has 0 radical (unpaired) electrons. The molecule has 0 bridgehead atoms. The van der Waals surface area contributed by atoms with Gasteiger partial charge in [-0.05, 0) is 51.5 Å². The Morgan fingerprint density at radius 1 is 1.11 bits per heavy atom. The zero-order valence-electron chi connectivity index (χ0n) is 16.7. The fourth-order valence-corrected chi connectivity index (χ4v) is 5.20. The minimum absolute atomic E-state index is 0.0974. The summed E-state index contributed by atoms with van der Waals surface area (Å²) in [5.41, 5.74) is 2.74. The Balaban J connectivity index is 1.38. The molecule has 4 heterocycles. The van der Waals surface area contributed by atoms with Crippen LogP contribution in [0.4, 0.5) is 0 Å². The van der Waals surface area contributed by atoms with Crippen LogP contribution in [0.3, 0.4) is 0 Å². The van der Waals surface area contributed by atoms with E-state index >= 15 is 0 Å². The van der Waals surface area contributed by atoms with Crippen molar-refractivity contribution in [3.63, 3.8) is 0 Å². The van der Waals surface area contributed by atoms with Crippen molar-refractivity contribution >= 4 is 23.2 Å². The van der Waals surface area contributed by atoms with Crippen molar-refractivity contribution in [1.29, 1.82) is 0 Å². The second-order valence-corrected chi connectivity index (χ2v) is 8.84. The van der Waals surface area contributed by atoms with Gasteiger partial charge in [-0.1, -0.05) is 0 Å². The van der Waals surface area contributed by atoms with E-state index in [4.69, 9.17) is 0 Å². The Bertz CT molecular complexity index is 844. The molecule has 28 heavy (non-hydrogen) atoms. The average Bonchev–Trinajstić information content (AvgIpc) is 3.43. The van der Waals surface area contributed by atoms with Crippen LogP contribution in [0.2, 0.25) is 0 Å². The maximum Gasteiger partial charge on any atom is 0.255 e. The molecule has 2 aromatic rings. The van der Waals surface area contributed by atoms with Crippen molar-refractivity contribution in [2.75, 3.05) is 26.2 Å². The first-order chi connectivity index (χ1) is 13.5. The normalized spacial score (nSPS) is 18.1. The standard InChI is InChI=1S/C21H28N4O2S/c1-15-13-18(16(2)25(15)21-22-7-12-28-21)20(27)24-10-5-17(6-11-24)14-19(26)23-8-3-4-9-23/h7,12-13,17H,3-6,8-11,14H2,1-2H3. The maximum absolute atomic E-state index is 13.1. The minimum Gasteiger partial charge on any atom is -0.343 e. The molecular weight excluding hydrogens is 372 g/mol. The lowest BCUT2D eigenvalue weighted by Gasteiger charge is -2.32. The summed E-state index contributed by atoms with van der Waals surface area (Å²) < 4.78 is 2.05. The van der Waals surface area contributed by atoms with Gasteiger partial charge in [-0.3, -0.25) is 14.2 Å². The molecule has 2 fully saturated rings. The van der Waals surface area contributed by atoms with Crippen LogP contribution in [0.1, 0.15) is 53.8 Å². The Morgan fingerprint density at radius 2 is 1.82 bits per heavy atom. The maximum atomic E-state index is 13.1. The third-order valence-corrected chi connectivity index (χ3v) is 6.85. The molecular formula is C21H28N4O2S. The predicted molar refractivity (Wildman–Crippen MR) is 110 cm³/mol. The van der Waals surface area contributed by atoms with E-state index in [1.807, 2.05) is 35.1 Å². The van der Waals surface area contributed by atoms with Crippen LogP contribution in [-0.4, -0.2) is 57.3 Å². The first kappa shape index (κ1) is 19.2. The fourth-order valence-electron chi connectivity index (χ4n) is 4.45. The molecule has 150 valence electrons. The summed E-state index contributed by atoms with van der Waals surface area (Å²) in [6.07, 6.45) is 6.53. The van der Waals surface area contributed by atoms with E-state index in [2.05, 4.69) is 9.55 Å². The molecule has 0 unspecified atom stereocenters. The SMILES string of the molecule is Cc1cc(C(=O)N2CCC(CC(=O)N3CCCC3)CC2)c(C)n1-c1nccs1. The number of hydrogen-bond donors (Lipinski definition) is 0. The van der Waals surface area contributed by atoms with Crippen molar-refractivity contribution in [3.05, 3.63) is 34.6 Å². The van der Waals surface area contributed by atoms with E-state index < -0.39 is 0 Å². The highest BCUT2D eigenvalue weighted by molar-refractivity contribution is 7.12. The monoisotopic (exact) mass is 400 g/mol. The molecule has 0 aromatic carbocycles.